The van der Waals surface area contributed by atoms with Crippen LogP contribution in [-0.2, 0) is 0 Å². The van der Waals surface area contributed by atoms with Crippen molar-refractivity contribution in [1.82, 2.24) is 5.32 Å². The lowest BCUT2D eigenvalue weighted by Crippen LogP contribution is -2.18. The highest BCUT2D eigenvalue weighted by molar-refractivity contribution is 6.01. The zero-order valence-corrected chi connectivity index (χ0v) is 13.5. The van der Waals surface area contributed by atoms with Gasteiger partial charge in [0.2, 0.25) is 0 Å². The lowest BCUT2D eigenvalue weighted by Gasteiger charge is -2.07. The molecule has 0 radical (unpaired) electrons. The number of benzene rings is 2. The Bertz CT molecular complexity index is 870. The predicted octanol–water partition coefficient (Wildman–Crippen LogP) is 3.88. The number of hydrogen-bond donors (Lipinski definition) is 1. The number of amidine groups is 1. The van der Waals surface area contributed by atoms with Crippen LogP contribution in [0, 0.1) is 0 Å². The van der Waals surface area contributed by atoms with Crippen LogP contribution < -0.4 is 10.1 Å². The first-order chi connectivity index (χ1) is 10.8. The molecule has 118 valence electrons. The molecule has 3 aromatic rings. The Morgan fingerprint density at radius 3 is 2.78 bits per heavy atom. The third kappa shape index (κ3) is 2.78. The molecule has 4 nitrogen and oxygen atoms in total. The number of nitrogens with one attached hydrogen (secondary N) is 1. The summed E-state index contributed by atoms with van der Waals surface area (Å²) in [5.74, 6) is 2.51. The van der Waals surface area contributed by atoms with Crippen molar-refractivity contribution >= 4 is 29.2 Å². The molecule has 0 amide bonds. The molecule has 2 heterocycles. The highest BCUT2D eigenvalue weighted by atomic mass is 35.5. The fraction of sp³-hybridized carbons (Fsp3) is 0.167. The Morgan fingerprint density at radius 1 is 1.13 bits per heavy atom. The Balaban J connectivity index is 0.00000156. The van der Waals surface area contributed by atoms with Crippen LogP contribution in [0.5, 0.6) is 5.75 Å². The molecule has 0 atom stereocenters. The largest absolute Gasteiger partial charge is 0.496 e. The highest BCUT2D eigenvalue weighted by Crippen LogP contribution is 2.32. The number of nitrogens with zero attached hydrogens (tertiary/aromatic N) is 1. The van der Waals surface area contributed by atoms with Gasteiger partial charge in [-0.15, -0.1) is 12.4 Å². The van der Waals surface area contributed by atoms with E-state index in [4.69, 9.17) is 9.15 Å². The molecule has 0 saturated carbocycles. The van der Waals surface area contributed by atoms with Gasteiger partial charge in [0, 0.05) is 17.5 Å². The molecular weight excluding hydrogens is 312 g/mol. The van der Waals surface area contributed by atoms with E-state index in [1.807, 2.05) is 30.3 Å². The molecule has 4 rings (SSSR count). The maximum atomic E-state index is 5.87. The van der Waals surface area contributed by atoms with Gasteiger partial charge in [-0.1, -0.05) is 24.3 Å². The lowest BCUT2D eigenvalue weighted by molar-refractivity contribution is 0.416. The minimum atomic E-state index is 0. The summed E-state index contributed by atoms with van der Waals surface area (Å²) in [5.41, 5.74) is 3.05. The van der Waals surface area contributed by atoms with Gasteiger partial charge < -0.3 is 14.5 Å². The van der Waals surface area contributed by atoms with Crippen LogP contribution >= 0.6 is 12.4 Å². The zero-order chi connectivity index (χ0) is 14.9. The van der Waals surface area contributed by atoms with Crippen molar-refractivity contribution in [2.24, 2.45) is 4.99 Å². The quantitative estimate of drug-likeness (QED) is 0.793. The molecular formula is C18H17ClN2O2. The number of halogens is 1. The minimum absolute atomic E-state index is 0. The summed E-state index contributed by atoms with van der Waals surface area (Å²) in [7, 11) is 1.69. The summed E-state index contributed by atoms with van der Waals surface area (Å²) in [5, 5.41) is 4.30. The molecule has 0 saturated heterocycles. The topological polar surface area (TPSA) is 46.8 Å². The van der Waals surface area contributed by atoms with E-state index in [2.05, 4.69) is 28.5 Å². The van der Waals surface area contributed by atoms with Crippen LogP contribution in [0.3, 0.4) is 0 Å². The number of methoxy groups -OCH3 is 1. The number of aliphatic imine (C=N–C) groups is 1. The molecule has 2 aromatic carbocycles. The van der Waals surface area contributed by atoms with Crippen LogP contribution in [0.25, 0.3) is 22.1 Å². The van der Waals surface area contributed by atoms with Gasteiger partial charge in [-0.3, -0.25) is 4.99 Å². The van der Waals surface area contributed by atoms with E-state index in [-0.39, 0.29) is 12.4 Å². The zero-order valence-electron chi connectivity index (χ0n) is 12.7. The molecule has 0 fully saturated rings. The Hall–Kier alpha value is -2.46. The molecule has 0 bridgehead atoms. The number of furan rings is 1. The van der Waals surface area contributed by atoms with Crippen LogP contribution in [-0.4, -0.2) is 26.0 Å². The second kappa shape index (κ2) is 6.34. The first kappa shape index (κ1) is 15.4. The summed E-state index contributed by atoms with van der Waals surface area (Å²) < 4.78 is 11.3. The summed E-state index contributed by atoms with van der Waals surface area (Å²) in [4.78, 5) is 4.40. The molecule has 1 aliphatic rings. The first-order valence-corrected chi connectivity index (χ1v) is 7.31. The van der Waals surface area contributed by atoms with E-state index in [1.54, 1.807) is 7.11 Å². The van der Waals surface area contributed by atoms with Crippen molar-refractivity contribution in [1.29, 1.82) is 0 Å². The summed E-state index contributed by atoms with van der Waals surface area (Å²) in [6.07, 6.45) is 0. The molecule has 0 unspecified atom stereocenters. The van der Waals surface area contributed by atoms with E-state index in [0.29, 0.717) is 0 Å². The number of ether oxygens (including phenoxy) is 1. The van der Waals surface area contributed by atoms with Gasteiger partial charge in [0.25, 0.3) is 0 Å². The monoisotopic (exact) mass is 328 g/mol. The van der Waals surface area contributed by atoms with Gasteiger partial charge in [-0.25, -0.2) is 0 Å². The molecule has 23 heavy (non-hydrogen) atoms. The molecule has 0 aliphatic carbocycles. The lowest BCUT2D eigenvalue weighted by atomic mass is 10.0. The third-order valence-electron chi connectivity index (χ3n) is 3.84. The van der Waals surface area contributed by atoms with Crippen molar-refractivity contribution in [3.63, 3.8) is 0 Å². The van der Waals surface area contributed by atoms with Crippen molar-refractivity contribution in [3.8, 4) is 16.9 Å². The number of fused-ring (bicyclic) bond motifs is 1. The van der Waals surface area contributed by atoms with Crippen molar-refractivity contribution < 1.29 is 9.15 Å². The maximum Gasteiger partial charge on any atom is 0.170 e. The SMILES string of the molecule is COc1ccccc1-c1ccc2oc(C3=NCCN3)cc2c1.Cl. The van der Waals surface area contributed by atoms with E-state index in [0.717, 1.165) is 52.5 Å². The second-order valence-electron chi connectivity index (χ2n) is 5.22. The smallest absolute Gasteiger partial charge is 0.170 e. The molecule has 1 N–H and O–H groups in total. The van der Waals surface area contributed by atoms with Gasteiger partial charge in [0.05, 0.1) is 13.7 Å². The van der Waals surface area contributed by atoms with Gasteiger partial charge in [0.1, 0.15) is 11.3 Å². The number of hydrogen-bond acceptors (Lipinski definition) is 4. The van der Waals surface area contributed by atoms with Gasteiger partial charge >= 0.3 is 0 Å². The first-order valence-electron chi connectivity index (χ1n) is 7.31. The molecule has 1 aliphatic heterocycles. The average molecular weight is 329 g/mol. The standard InChI is InChI=1S/C18H16N2O2.ClH/c1-21-16-5-3-2-4-14(16)12-6-7-15-13(10-12)11-17(22-15)18-19-8-9-20-18;/h2-7,10-11H,8-9H2,1H3,(H,19,20);1H. The maximum absolute atomic E-state index is 5.87. The second-order valence-corrected chi connectivity index (χ2v) is 5.22. The van der Waals surface area contributed by atoms with Crippen molar-refractivity contribution in [3.05, 3.63) is 54.3 Å². The van der Waals surface area contributed by atoms with Gasteiger partial charge in [0.15, 0.2) is 11.6 Å². The Morgan fingerprint density at radius 2 is 2.00 bits per heavy atom. The molecule has 5 heteroatoms. The Labute approximate surface area is 140 Å². The number of para-hydroxylation sites is 1. The van der Waals surface area contributed by atoms with E-state index < -0.39 is 0 Å². The fourth-order valence-corrected chi connectivity index (χ4v) is 2.77. The summed E-state index contributed by atoms with van der Waals surface area (Å²) in [6.45, 7) is 1.68. The molecule has 1 aromatic heterocycles. The normalized spacial score (nSPS) is 13.3. The highest BCUT2D eigenvalue weighted by Gasteiger charge is 2.14. The van der Waals surface area contributed by atoms with Gasteiger partial charge in [-0.05, 0) is 29.8 Å². The predicted molar refractivity (Wildman–Crippen MR) is 94.9 cm³/mol. The van der Waals surface area contributed by atoms with E-state index >= 15 is 0 Å². The van der Waals surface area contributed by atoms with Crippen LogP contribution in [0.4, 0.5) is 0 Å². The third-order valence-corrected chi connectivity index (χ3v) is 3.84. The van der Waals surface area contributed by atoms with Gasteiger partial charge in [-0.2, -0.15) is 0 Å². The van der Waals surface area contributed by atoms with E-state index in [9.17, 15) is 0 Å². The number of rotatable bonds is 3. The van der Waals surface area contributed by atoms with E-state index in [1.165, 1.54) is 0 Å². The van der Waals surface area contributed by atoms with Crippen LogP contribution in [0.1, 0.15) is 5.76 Å². The summed E-state index contributed by atoms with van der Waals surface area (Å²) >= 11 is 0. The summed E-state index contributed by atoms with van der Waals surface area (Å²) in [6, 6.07) is 16.2. The van der Waals surface area contributed by atoms with Crippen LogP contribution in [0.2, 0.25) is 0 Å². The van der Waals surface area contributed by atoms with Crippen LogP contribution in [0.15, 0.2) is 57.9 Å². The fourth-order valence-electron chi connectivity index (χ4n) is 2.77. The average Bonchev–Trinajstić information content (AvgIpc) is 3.23. The minimum Gasteiger partial charge on any atom is -0.496 e. The molecule has 0 spiro atoms. The van der Waals surface area contributed by atoms with Crippen molar-refractivity contribution in [2.45, 2.75) is 0 Å². The van der Waals surface area contributed by atoms with Crippen molar-refractivity contribution in [2.75, 3.05) is 20.2 Å². The Kier molecular flexibility index (Phi) is 4.26.